The van der Waals surface area contributed by atoms with Crippen LogP contribution in [-0.4, -0.2) is 38.3 Å². The lowest BCUT2D eigenvalue weighted by atomic mass is 10.2. The van der Waals surface area contributed by atoms with E-state index < -0.39 is 0 Å². The summed E-state index contributed by atoms with van der Waals surface area (Å²) in [6.07, 6.45) is 4.79. The molecule has 2 aromatic heterocycles. The first-order valence-corrected chi connectivity index (χ1v) is 7.58. The standard InChI is InChI=1S/C16H16ClN5O/c17-13-8-19-16-20-14(11-22(16)10-13)15(23)21(7-6-18)9-12-4-2-1-3-5-12/h1-5,8,10-11H,6-7,9,18H2. The minimum atomic E-state index is -0.180. The van der Waals surface area contributed by atoms with E-state index in [2.05, 4.69) is 9.97 Å². The van der Waals surface area contributed by atoms with Crippen molar-refractivity contribution < 1.29 is 4.79 Å². The number of fused-ring (bicyclic) bond motifs is 1. The number of nitrogens with two attached hydrogens (primary N) is 1. The van der Waals surface area contributed by atoms with E-state index in [1.807, 2.05) is 30.3 Å². The van der Waals surface area contributed by atoms with Crippen molar-refractivity contribution in [2.24, 2.45) is 5.73 Å². The molecule has 0 atom stereocenters. The molecule has 3 aromatic rings. The van der Waals surface area contributed by atoms with Gasteiger partial charge in [-0.2, -0.15) is 0 Å². The maximum Gasteiger partial charge on any atom is 0.274 e. The molecular formula is C16H16ClN5O. The van der Waals surface area contributed by atoms with Crippen LogP contribution in [0.3, 0.4) is 0 Å². The minimum Gasteiger partial charge on any atom is -0.332 e. The Morgan fingerprint density at radius 1 is 1.26 bits per heavy atom. The molecule has 118 valence electrons. The van der Waals surface area contributed by atoms with Crippen molar-refractivity contribution in [2.75, 3.05) is 13.1 Å². The molecule has 0 aliphatic heterocycles. The molecule has 2 N–H and O–H groups in total. The number of nitrogens with zero attached hydrogens (tertiary/aromatic N) is 4. The number of imidazole rings is 1. The minimum absolute atomic E-state index is 0.180. The lowest BCUT2D eigenvalue weighted by molar-refractivity contribution is 0.0743. The van der Waals surface area contributed by atoms with Gasteiger partial charge >= 0.3 is 0 Å². The number of halogens is 1. The monoisotopic (exact) mass is 329 g/mol. The van der Waals surface area contributed by atoms with Crippen molar-refractivity contribution in [1.29, 1.82) is 0 Å². The van der Waals surface area contributed by atoms with Crippen molar-refractivity contribution >= 4 is 23.3 Å². The van der Waals surface area contributed by atoms with Crippen LogP contribution in [0.25, 0.3) is 5.78 Å². The van der Waals surface area contributed by atoms with E-state index in [0.717, 1.165) is 5.56 Å². The number of amides is 1. The lowest BCUT2D eigenvalue weighted by Crippen LogP contribution is -2.35. The number of benzene rings is 1. The molecule has 7 heteroatoms. The number of rotatable bonds is 5. The van der Waals surface area contributed by atoms with E-state index in [1.54, 1.807) is 21.7 Å². The maximum atomic E-state index is 12.7. The molecule has 3 rings (SSSR count). The summed E-state index contributed by atoms with van der Waals surface area (Å²) in [6.45, 7) is 1.32. The lowest BCUT2D eigenvalue weighted by Gasteiger charge is -2.21. The van der Waals surface area contributed by atoms with Gasteiger partial charge in [-0.15, -0.1) is 0 Å². The molecule has 1 aromatic carbocycles. The molecule has 0 fully saturated rings. The van der Waals surface area contributed by atoms with Crippen LogP contribution in [0.1, 0.15) is 16.1 Å². The Kier molecular flexibility index (Phi) is 4.55. The van der Waals surface area contributed by atoms with Crippen LogP contribution < -0.4 is 5.73 Å². The summed E-state index contributed by atoms with van der Waals surface area (Å²) in [5.74, 6) is 0.256. The van der Waals surface area contributed by atoms with Gasteiger partial charge in [-0.05, 0) is 5.56 Å². The van der Waals surface area contributed by atoms with Gasteiger partial charge in [-0.1, -0.05) is 41.9 Å². The van der Waals surface area contributed by atoms with Gasteiger partial charge in [-0.3, -0.25) is 9.20 Å². The molecule has 0 bridgehead atoms. The summed E-state index contributed by atoms with van der Waals surface area (Å²) >= 11 is 5.90. The number of hydrogen-bond acceptors (Lipinski definition) is 4. The highest BCUT2D eigenvalue weighted by Crippen LogP contribution is 2.12. The van der Waals surface area contributed by atoms with Crippen molar-refractivity contribution in [1.82, 2.24) is 19.3 Å². The van der Waals surface area contributed by atoms with Crippen molar-refractivity contribution in [3.8, 4) is 0 Å². The quantitative estimate of drug-likeness (QED) is 0.776. The number of carbonyl (C=O) groups excluding carboxylic acids is 1. The van der Waals surface area contributed by atoms with E-state index in [1.165, 1.54) is 6.20 Å². The van der Waals surface area contributed by atoms with E-state index in [9.17, 15) is 4.79 Å². The molecule has 0 spiro atoms. The maximum absolute atomic E-state index is 12.7. The fraction of sp³-hybridized carbons (Fsp3) is 0.188. The third-order valence-electron chi connectivity index (χ3n) is 3.40. The SMILES string of the molecule is NCCN(Cc1ccccc1)C(=O)c1cn2cc(Cl)cnc2n1. The average molecular weight is 330 g/mol. The molecule has 0 saturated heterocycles. The summed E-state index contributed by atoms with van der Waals surface area (Å²) in [5, 5.41) is 0.483. The third-order valence-corrected chi connectivity index (χ3v) is 3.60. The molecule has 0 saturated carbocycles. The molecule has 23 heavy (non-hydrogen) atoms. The second kappa shape index (κ2) is 6.76. The van der Waals surface area contributed by atoms with E-state index in [0.29, 0.717) is 36.1 Å². The van der Waals surface area contributed by atoms with Gasteiger partial charge in [-0.25, -0.2) is 9.97 Å². The highest BCUT2D eigenvalue weighted by atomic mass is 35.5. The third kappa shape index (κ3) is 3.49. The molecule has 2 heterocycles. The van der Waals surface area contributed by atoms with E-state index >= 15 is 0 Å². The van der Waals surface area contributed by atoms with Crippen molar-refractivity contribution in [3.63, 3.8) is 0 Å². The Morgan fingerprint density at radius 3 is 2.78 bits per heavy atom. The second-order valence-electron chi connectivity index (χ2n) is 5.11. The highest BCUT2D eigenvalue weighted by molar-refractivity contribution is 6.30. The Labute approximate surface area is 138 Å². The van der Waals surface area contributed by atoms with Gasteiger partial charge in [0.05, 0.1) is 11.2 Å². The van der Waals surface area contributed by atoms with Gasteiger partial charge in [0.2, 0.25) is 5.78 Å². The van der Waals surface area contributed by atoms with Gasteiger partial charge in [0.25, 0.3) is 5.91 Å². The Balaban J connectivity index is 1.87. The fourth-order valence-corrected chi connectivity index (χ4v) is 2.49. The molecule has 0 aliphatic rings. The number of hydrogen-bond donors (Lipinski definition) is 1. The van der Waals surface area contributed by atoms with Crippen molar-refractivity contribution in [2.45, 2.75) is 6.54 Å². The average Bonchev–Trinajstić information content (AvgIpc) is 2.98. The first-order valence-electron chi connectivity index (χ1n) is 7.21. The number of carbonyl (C=O) groups is 1. The van der Waals surface area contributed by atoms with Crippen LogP contribution in [0.2, 0.25) is 5.02 Å². The Bertz CT molecular complexity index is 818. The normalized spacial score (nSPS) is 10.9. The van der Waals surface area contributed by atoms with Crippen LogP contribution in [0.15, 0.2) is 48.9 Å². The van der Waals surface area contributed by atoms with Crippen LogP contribution >= 0.6 is 11.6 Å². The molecule has 6 nitrogen and oxygen atoms in total. The van der Waals surface area contributed by atoms with E-state index in [-0.39, 0.29) is 5.91 Å². The topological polar surface area (TPSA) is 76.5 Å². The first-order chi connectivity index (χ1) is 11.2. The predicted octanol–water partition coefficient (Wildman–Crippen LogP) is 1.98. The second-order valence-corrected chi connectivity index (χ2v) is 5.54. The zero-order chi connectivity index (χ0) is 16.2. The van der Waals surface area contributed by atoms with Crippen LogP contribution in [-0.2, 0) is 6.54 Å². The zero-order valence-electron chi connectivity index (χ0n) is 12.4. The summed E-state index contributed by atoms with van der Waals surface area (Å²) in [5.41, 5.74) is 7.01. The Hall–Kier alpha value is -2.44. The molecule has 0 aliphatic carbocycles. The van der Waals surface area contributed by atoms with Gasteiger partial charge in [0.1, 0.15) is 5.69 Å². The van der Waals surface area contributed by atoms with Gasteiger partial charge < -0.3 is 10.6 Å². The molecule has 0 radical (unpaired) electrons. The fourth-order valence-electron chi connectivity index (χ4n) is 2.34. The molecule has 1 amide bonds. The smallest absolute Gasteiger partial charge is 0.274 e. The largest absolute Gasteiger partial charge is 0.332 e. The van der Waals surface area contributed by atoms with E-state index in [4.69, 9.17) is 17.3 Å². The Morgan fingerprint density at radius 2 is 2.04 bits per heavy atom. The molecular weight excluding hydrogens is 314 g/mol. The summed E-state index contributed by atoms with van der Waals surface area (Å²) < 4.78 is 1.64. The van der Waals surface area contributed by atoms with Crippen LogP contribution in [0, 0.1) is 0 Å². The molecule has 0 unspecified atom stereocenters. The zero-order valence-corrected chi connectivity index (χ0v) is 13.1. The first kappa shape index (κ1) is 15.5. The summed E-state index contributed by atoms with van der Waals surface area (Å²) in [6, 6.07) is 9.77. The summed E-state index contributed by atoms with van der Waals surface area (Å²) in [7, 11) is 0. The predicted molar refractivity (Wildman–Crippen MR) is 88.2 cm³/mol. The van der Waals surface area contributed by atoms with Gasteiger partial charge in [0, 0.05) is 32.0 Å². The number of aromatic nitrogens is 3. The van der Waals surface area contributed by atoms with Crippen LogP contribution in [0.4, 0.5) is 0 Å². The highest BCUT2D eigenvalue weighted by Gasteiger charge is 2.19. The van der Waals surface area contributed by atoms with Gasteiger partial charge in [0.15, 0.2) is 0 Å². The van der Waals surface area contributed by atoms with Crippen molar-refractivity contribution in [3.05, 3.63) is 65.2 Å². The van der Waals surface area contributed by atoms with Crippen LogP contribution in [0.5, 0.6) is 0 Å². The summed E-state index contributed by atoms with van der Waals surface area (Å²) in [4.78, 5) is 22.8.